The molecule has 0 aromatic heterocycles. The van der Waals surface area contributed by atoms with Crippen molar-refractivity contribution in [2.75, 3.05) is 5.32 Å². The molecule has 2 aliphatic heterocycles. The summed E-state index contributed by atoms with van der Waals surface area (Å²) in [5.74, 6) is 0.357. The second-order valence-corrected chi connectivity index (χ2v) is 7.40. The number of allylic oxidation sites excluding steroid dienone is 2. The second-order valence-electron chi connectivity index (χ2n) is 7.40. The van der Waals surface area contributed by atoms with E-state index in [1.165, 1.54) is 11.3 Å². The van der Waals surface area contributed by atoms with Crippen LogP contribution < -0.4 is 5.32 Å². The van der Waals surface area contributed by atoms with Gasteiger partial charge < -0.3 is 14.6 Å². The molecule has 4 rings (SSSR count). The smallest absolute Gasteiger partial charge is 0.399 e. The number of hydrogen-bond acceptors (Lipinski definition) is 3. The van der Waals surface area contributed by atoms with Crippen LogP contribution in [-0.4, -0.2) is 24.4 Å². The van der Waals surface area contributed by atoms with Gasteiger partial charge in [0.2, 0.25) is 0 Å². The molecule has 0 amide bonds. The van der Waals surface area contributed by atoms with Crippen LogP contribution in [0.15, 0.2) is 48.0 Å². The standard InChI is InChI=1S/C18H22BNO2/c1-17(2)18(3,4)22-19(21-17)12-9-10-16-14(11-12)13-7-5-6-8-15(13)20-16/h5-11,14,16,20H,1-4H3. The lowest BCUT2D eigenvalue weighted by atomic mass is 9.72. The van der Waals surface area contributed by atoms with Gasteiger partial charge in [-0.3, -0.25) is 0 Å². The summed E-state index contributed by atoms with van der Waals surface area (Å²) in [6.07, 6.45) is 6.67. The molecule has 1 aromatic rings. The SMILES string of the molecule is CC1(C)OB(C2=CC3c4ccccc4NC3C=C2)OC1(C)C. The number of nitrogens with one attached hydrogen (secondary N) is 1. The number of rotatable bonds is 1. The summed E-state index contributed by atoms with van der Waals surface area (Å²) < 4.78 is 12.4. The summed E-state index contributed by atoms with van der Waals surface area (Å²) in [7, 11) is -0.282. The van der Waals surface area contributed by atoms with Crippen molar-refractivity contribution in [2.24, 2.45) is 0 Å². The van der Waals surface area contributed by atoms with Crippen molar-refractivity contribution < 1.29 is 9.31 Å². The Morgan fingerprint density at radius 3 is 2.45 bits per heavy atom. The van der Waals surface area contributed by atoms with Crippen molar-refractivity contribution in [1.82, 2.24) is 0 Å². The Labute approximate surface area is 132 Å². The van der Waals surface area contributed by atoms with Crippen LogP contribution in [0.1, 0.15) is 39.2 Å². The monoisotopic (exact) mass is 295 g/mol. The van der Waals surface area contributed by atoms with Crippen molar-refractivity contribution in [2.45, 2.75) is 50.9 Å². The minimum absolute atomic E-state index is 0.282. The number of fused-ring (bicyclic) bond motifs is 3. The quantitative estimate of drug-likeness (QED) is 0.801. The maximum absolute atomic E-state index is 6.18. The highest BCUT2D eigenvalue weighted by atomic mass is 16.7. The molecule has 1 fully saturated rings. The highest BCUT2D eigenvalue weighted by Gasteiger charge is 2.52. The molecule has 0 saturated carbocycles. The first-order valence-corrected chi connectivity index (χ1v) is 7.98. The Morgan fingerprint density at radius 2 is 1.73 bits per heavy atom. The van der Waals surface area contributed by atoms with Gasteiger partial charge in [0, 0.05) is 11.6 Å². The molecule has 1 saturated heterocycles. The zero-order chi connectivity index (χ0) is 15.5. The molecule has 0 radical (unpaired) electrons. The summed E-state index contributed by atoms with van der Waals surface area (Å²) in [5.41, 5.74) is 3.11. The zero-order valence-electron chi connectivity index (χ0n) is 13.6. The zero-order valence-corrected chi connectivity index (χ0v) is 13.6. The Hall–Kier alpha value is -1.52. The maximum Gasteiger partial charge on any atom is 0.494 e. The topological polar surface area (TPSA) is 30.5 Å². The minimum atomic E-state index is -0.297. The molecular weight excluding hydrogens is 273 g/mol. The van der Waals surface area contributed by atoms with E-state index in [0.717, 1.165) is 5.47 Å². The molecule has 1 aromatic carbocycles. The number of hydrogen-bond donors (Lipinski definition) is 1. The molecule has 0 spiro atoms. The van der Waals surface area contributed by atoms with Gasteiger partial charge in [0.25, 0.3) is 0 Å². The molecule has 3 nitrogen and oxygen atoms in total. The van der Waals surface area contributed by atoms with E-state index in [-0.39, 0.29) is 18.3 Å². The van der Waals surface area contributed by atoms with Gasteiger partial charge in [0.1, 0.15) is 0 Å². The predicted octanol–water partition coefficient (Wildman–Crippen LogP) is 3.69. The van der Waals surface area contributed by atoms with Gasteiger partial charge in [-0.1, -0.05) is 36.4 Å². The van der Waals surface area contributed by atoms with Crippen molar-refractivity contribution in [3.63, 3.8) is 0 Å². The molecular formula is C18H22BNO2. The number of benzene rings is 1. The highest BCUT2D eigenvalue weighted by Crippen LogP contribution is 2.43. The van der Waals surface area contributed by atoms with Crippen LogP contribution in [0.4, 0.5) is 5.69 Å². The van der Waals surface area contributed by atoms with Crippen LogP contribution in [0, 0.1) is 0 Å². The van der Waals surface area contributed by atoms with Crippen LogP contribution in [0.5, 0.6) is 0 Å². The van der Waals surface area contributed by atoms with E-state index in [0.29, 0.717) is 12.0 Å². The molecule has 0 bridgehead atoms. The predicted molar refractivity (Wildman–Crippen MR) is 89.9 cm³/mol. The molecule has 1 aliphatic carbocycles. The van der Waals surface area contributed by atoms with Crippen molar-refractivity contribution in [3.8, 4) is 0 Å². The molecule has 3 aliphatic rings. The van der Waals surface area contributed by atoms with E-state index < -0.39 is 0 Å². The minimum Gasteiger partial charge on any atom is -0.399 e. The Bertz CT molecular complexity index is 661. The number of para-hydroxylation sites is 1. The summed E-state index contributed by atoms with van der Waals surface area (Å²) in [6.45, 7) is 8.37. The second kappa shape index (κ2) is 4.50. The van der Waals surface area contributed by atoms with E-state index >= 15 is 0 Å². The third kappa shape index (κ3) is 1.98. The molecule has 1 N–H and O–H groups in total. The Kier molecular flexibility index (Phi) is 2.88. The lowest BCUT2D eigenvalue weighted by Gasteiger charge is -2.32. The van der Waals surface area contributed by atoms with Gasteiger partial charge >= 0.3 is 7.12 Å². The summed E-state index contributed by atoms with van der Waals surface area (Å²) in [4.78, 5) is 0. The number of anilines is 1. The molecule has 2 atom stereocenters. The van der Waals surface area contributed by atoms with Gasteiger partial charge in [0.05, 0.1) is 17.2 Å². The first kappa shape index (κ1) is 14.1. The fraction of sp³-hybridized carbons (Fsp3) is 0.444. The molecule has 2 unspecified atom stereocenters. The van der Waals surface area contributed by atoms with Crippen molar-refractivity contribution in [1.29, 1.82) is 0 Å². The van der Waals surface area contributed by atoms with Gasteiger partial charge in [-0.25, -0.2) is 0 Å². The van der Waals surface area contributed by atoms with Crippen molar-refractivity contribution >= 4 is 12.8 Å². The van der Waals surface area contributed by atoms with E-state index in [2.05, 4.69) is 75.5 Å². The normalized spacial score (nSPS) is 30.5. The highest BCUT2D eigenvalue weighted by molar-refractivity contribution is 6.55. The van der Waals surface area contributed by atoms with Gasteiger partial charge in [-0.2, -0.15) is 0 Å². The summed E-state index contributed by atoms with van der Waals surface area (Å²) in [5, 5.41) is 3.57. The van der Waals surface area contributed by atoms with Gasteiger partial charge in [-0.15, -0.1) is 0 Å². The van der Waals surface area contributed by atoms with Gasteiger partial charge in [-0.05, 0) is 44.8 Å². The van der Waals surface area contributed by atoms with Crippen molar-refractivity contribution in [3.05, 3.63) is 53.5 Å². The fourth-order valence-electron chi connectivity index (χ4n) is 3.36. The van der Waals surface area contributed by atoms with Crippen LogP contribution in [0.2, 0.25) is 0 Å². The Balaban J connectivity index is 1.65. The third-order valence-corrected chi connectivity index (χ3v) is 5.42. The average molecular weight is 295 g/mol. The van der Waals surface area contributed by atoms with Crippen LogP contribution in [0.25, 0.3) is 0 Å². The average Bonchev–Trinajstić information content (AvgIpc) is 2.93. The molecule has 114 valence electrons. The first-order chi connectivity index (χ1) is 10.4. The first-order valence-electron chi connectivity index (χ1n) is 7.98. The van der Waals surface area contributed by atoms with E-state index in [9.17, 15) is 0 Å². The molecule has 2 heterocycles. The molecule has 22 heavy (non-hydrogen) atoms. The van der Waals surface area contributed by atoms with E-state index in [4.69, 9.17) is 9.31 Å². The third-order valence-electron chi connectivity index (χ3n) is 5.42. The lowest BCUT2D eigenvalue weighted by molar-refractivity contribution is 0.00578. The maximum atomic E-state index is 6.18. The van der Waals surface area contributed by atoms with Gasteiger partial charge in [0.15, 0.2) is 0 Å². The van der Waals surface area contributed by atoms with Crippen LogP contribution >= 0.6 is 0 Å². The Morgan fingerprint density at radius 1 is 1.05 bits per heavy atom. The van der Waals surface area contributed by atoms with Crippen LogP contribution in [-0.2, 0) is 9.31 Å². The summed E-state index contributed by atoms with van der Waals surface area (Å²) in [6, 6.07) is 8.85. The van der Waals surface area contributed by atoms with E-state index in [1.807, 2.05) is 0 Å². The largest absolute Gasteiger partial charge is 0.494 e. The summed E-state index contributed by atoms with van der Waals surface area (Å²) >= 11 is 0. The molecule has 4 heteroatoms. The lowest BCUT2D eigenvalue weighted by Crippen LogP contribution is -2.41. The van der Waals surface area contributed by atoms with Crippen LogP contribution in [0.3, 0.4) is 0 Å². The van der Waals surface area contributed by atoms with E-state index in [1.54, 1.807) is 0 Å². The fourth-order valence-corrected chi connectivity index (χ4v) is 3.36.